The molecule has 4 rings (SSSR count). The Morgan fingerprint density at radius 3 is 2.52 bits per heavy atom. The molecule has 0 aliphatic carbocycles. The van der Waals surface area contributed by atoms with Crippen LogP contribution in [0.2, 0.25) is 0 Å². The van der Waals surface area contributed by atoms with E-state index in [1.54, 1.807) is 55.6 Å². The Bertz CT molecular complexity index is 1150. The topological polar surface area (TPSA) is 110 Å². The lowest BCUT2D eigenvalue weighted by molar-refractivity contribution is 0.0698. The van der Waals surface area contributed by atoms with Crippen LogP contribution in [-0.2, 0) is 0 Å². The van der Waals surface area contributed by atoms with Gasteiger partial charge in [0.15, 0.2) is 0 Å². The van der Waals surface area contributed by atoms with E-state index in [1.807, 2.05) is 6.92 Å². The first-order valence-corrected chi connectivity index (χ1v) is 10.8. The maximum absolute atomic E-state index is 12.8. The van der Waals surface area contributed by atoms with Gasteiger partial charge in [0.25, 0.3) is 11.8 Å². The molecule has 33 heavy (non-hydrogen) atoms. The molecule has 170 valence electrons. The number of carbonyl (C=O) groups is 2. The fourth-order valence-corrected chi connectivity index (χ4v) is 3.81. The van der Waals surface area contributed by atoms with Crippen LogP contribution in [0.3, 0.4) is 0 Å². The van der Waals surface area contributed by atoms with E-state index in [4.69, 9.17) is 4.74 Å². The SMILES string of the molecule is COc1ccc(NC(=O)c2cnc([C@H]3CCCN(C(=O)c4cnc(C)cn4)C3)nc2C)cc1. The van der Waals surface area contributed by atoms with Gasteiger partial charge in [-0.3, -0.25) is 14.6 Å². The summed E-state index contributed by atoms with van der Waals surface area (Å²) in [5.41, 5.74) is 2.77. The number of benzene rings is 1. The number of likely N-dealkylation sites (tertiary alicyclic amines) is 1. The normalized spacial score (nSPS) is 15.7. The summed E-state index contributed by atoms with van der Waals surface area (Å²) in [7, 11) is 1.59. The molecule has 2 aromatic heterocycles. The van der Waals surface area contributed by atoms with Crippen LogP contribution in [-0.4, -0.2) is 56.8 Å². The zero-order valence-electron chi connectivity index (χ0n) is 18.9. The maximum Gasteiger partial charge on any atom is 0.274 e. The summed E-state index contributed by atoms with van der Waals surface area (Å²) in [6.45, 7) is 4.79. The number of nitrogens with zero attached hydrogens (tertiary/aromatic N) is 5. The van der Waals surface area contributed by atoms with Gasteiger partial charge in [-0.15, -0.1) is 0 Å². The van der Waals surface area contributed by atoms with E-state index in [9.17, 15) is 9.59 Å². The number of hydrogen-bond acceptors (Lipinski definition) is 7. The zero-order chi connectivity index (χ0) is 23.4. The average molecular weight is 447 g/mol. The highest BCUT2D eigenvalue weighted by atomic mass is 16.5. The van der Waals surface area contributed by atoms with Crippen LogP contribution in [0.25, 0.3) is 0 Å². The summed E-state index contributed by atoms with van der Waals surface area (Å²) in [6.07, 6.45) is 6.38. The summed E-state index contributed by atoms with van der Waals surface area (Å²) >= 11 is 0. The van der Waals surface area contributed by atoms with E-state index in [2.05, 4.69) is 25.3 Å². The van der Waals surface area contributed by atoms with E-state index in [-0.39, 0.29) is 17.7 Å². The van der Waals surface area contributed by atoms with E-state index in [1.165, 1.54) is 6.20 Å². The van der Waals surface area contributed by atoms with Gasteiger partial charge in [-0.05, 0) is 51.0 Å². The number of aromatic nitrogens is 4. The Labute approximate surface area is 192 Å². The first-order valence-electron chi connectivity index (χ1n) is 10.8. The highest BCUT2D eigenvalue weighted by Gasteiger charge is 2.28. The first kappa shape index (κ1) is 22.3. The van der Waals surface area contributed by atoms with Crippen LogP contribution in [0.5, 0.6) is 5.75 Å². The number of piperidine rings is 1. The maximum atomic E-state index is 12.8. The second-order valence-electron chi connectivity index (χ2n) is 8.04. The van der Waals surface area contributed by atoms with Crippen molar-refractivity contribution < 1.29 is 14.3 Å². The number of anilines is 1. The third kappa shape index (κ3) is 5.14. The largest absolute Gasteiger partial charge is 0.497 e. The molecule has 1 saturated heterocycles. The Morgan fingerprint density at radius 2 is 1.85 bits per heavy atom. The van der Waals surface area contributed by atoms with Gasteiger partial charge >= 0.3 is 0 Å². The predicted molar refractivity (Wildman–Crippen MR) is 122 cm³/mol. The lowest BCUT2D eigenvalue weighted by Crippen LogP contribution is -2.40. The van der Waals surface area contributed by atoms with Gasteiger partial charge in [-0.1, -0.05) is 0 Å². The number of methoxy groups -OCH3 is 1. The van der Waals surface area contributed by atoms with Gasteiger partial charge in [0.1, 0.15) is 17.3 Å². The van der Waals surface area contributed by atoms with E-state index in [0.29, 0.717) is 47.3 Å². The van der Waals surface area contributed by atoms with Crippen molar-refractivity contribution >= 4 is 17.5 Å². The summed E-state index contributed by atoms with van der Waals surface area (Å²) in [5.74, 6) is 0.938. The summed E-state index contributed by atoms with van der Waals surface area (Å²) in [6, 6.07) is 7.10. The predicted octanol–water partition coefficient (Wildman–Crippen LogP) is 3.16. The van der Waals surface area contributed by atoms with Crippen molar-refractivity contribution in [1.29, 1.82) is 0 Å². The number of aryl methyl sites for hydroxylation is 2. The molecule has 0 unspecified atom stereocenters. The molecule has 1 aliphatic heterocycles. The van der Waals surface area contributed by atoms with Crippen molar-refractivity contribution in [3.8, 4) is 5.75 Å². The van der Waals surface area contributed by atoms with E-state index < -0.39 is 0 Å². The molecule has 0 spiro atoms. The minimum atomic E-state index is -0.275. The monoisotopic (exact) mass is 446 g/mol. The van der Waals surface area contributed by atoms with Crippen LogP contribution >= 0.6 is 0 Å². The van der Waals surface area contributed by atoms with Crippen LogP contribution < -0.4 is 10.1 Å². The molecule has 3 aromatic rings. The van der Waals surface area contributed by atoms with Crippen molar-refractivity contribution in [2.75, 3.05) is 25.5 Å². The van der Waals surface area contributed by atoms with Crippen molar-refractivity contribution in [2.45, 2.75) is 32.6 Å². The first-order chi connectivity index (χ1) is 15.9. The quantitative estimate of drug-likeness (QED) is 0.641. The number of carbonyl (C=O) groups excluding carboxylic acids is 2. The number of amides is 2. The molecule has 9 nitrogen and oxygen atoms in total. The standard InChI is InChI=1S/C24H26N6O3/c1-15-11-26-21(13-25-15)24(32)30-10-4-5-17(14-30)22-27-12-20(16(2)28-22)23(31)29-18-6-8-19(33-3)9-7-18/h6-9,11-13,17H,4-5,10,14H2,1-3H3,(H,29,31)/t17-/m0/s1. The van der Waals surface area contributed by atoms with Gasteiger partial charge in [0.2, 0.25) is 0 Å². The van der Waals surface area contributed by atoms with Crippen LogP contribution in [0.4, 0.5) is 5.69 Å². The van der Waals surface area contributed by atoms with Crippen molar-refractivity contribution in [2.24, 2.45) is 0 Å². The Balaban J connectivity index is 1.44. The molecule has 1 fully saturated rings. The second kappa shape index (κ2) is 9.72. The number of rotatable bonds is 5. The number of nitrogens with one attached hydrogen (secondary N) is 1. The van der Waals surface area contributed by atoms with E-state index >= 15 is 0 Å². The molecule has 0 radical (unpaired) electrons. The minimum Gasteiger partial charge on any atom is -0.497 e. The molecule has 1 aromatic carbocycles. The number of ether oxygens (including phenoxy) is 1. The summed E-state index contributed by atoms with van der Waals surface area (Å²) in [5, 5.41) is 2.85. The smallest absolute Gasteiger partial charge is 0.274 e. The minimum absolute atomic E-state index is 0.00138. The zero-order valence-corrected chi connectivity index (χ0v) is 18.9. The molecule has 9 heteroatoms. The fraction of sp³-hybridized carbons (Fsp3) is 0.333. The van der Waals surface area contributed by atoms with Gasteiger partial charge in [-0.25, -0.2) is 15.0 Å². The van der Waals surface area contributed by atoms with Crippen LogP contribution in [0.1, 0.15) is 56.8 Å². The fourth-order valence-electron chi connectivity index (χ4n) is 3.81. The summed E-state index contributed by atoms with van der Waals surface area (Å²) in [4.78, 5) is 44.8. The number of hydrogen-bond donors (Lipinski definition) is 1. The molecule has 1 aliphatic rings. The lowest BCUT2D eigenvalue weighted by atomic mass is 9.96. The summed E-state index contributed by atoms with van der Waals surface area (Å²) < 4.78 is 5.14. The second-order valence-corrected chi connectivity index (χ2v) is 8.04. The molecular weight excluding hydrogens is 420 g/mol. The highest BCUT2D eigenvalue weighted by molar-refractivity contribution is 6.04. The molecule has 0 saturated carbocycles. The molecule has 3 heterocycles. The van der Waals surface area contributed by atoms with E-state index in [0.717, 1.165) is 18.5 Å². The Hall–Kier alpha value is -3.88. The molecule has 0 bridgehead atoms. The van der Waals surface area contributed by atoms with Crippen molar-refractivity contribution in [3.63, 3.8) is 0 Å². The van der Waals surface area contributed by atoms with Gasteiger partial charge in [0.05, 0.1) is 30.3 Å². The Kier molecular flexibility index (Phi) is 6.58. The third-order valence-corrected chi connectivity index (χ3v) is 5.66. The van der Waals surface area contributed by atoms with Crippen molar-refractivity contribution in [1.82, 2.24) is 24.8 Å². The lowest BCUT2D eigenvalue weighted by Gasteiger charge is -2.31. The van der Waals surface area contributed by atoms with Gasteiger partial charge in [0, 0.05) is 37.1 Å². The van der Waals surface area contributed by atoms with Gasteiger partial charge in [-0.2, -0.15) is 0 Å². The van der Waals surface area contributed by atoms with Gasteiger partial charge < -0.3 is 15.0 Å². The average Bonchev–Trinajstić information content (AvgIpc) is 2.84. The Morgan fingerprint density at radius 1 is 1.06 bits per heavy atom. The highest BCUT2D eigenvalue weighted by Crippen LogP contribution is 2.26. The third-order valence-electron chi connectivity index (χ3n) is 5.66. The van der Waals surface area contributed by atoms with Crippen LogP contribution in [0.15, 0.2) is 42.9 Å². The molecular formula is C24H26N6O3. The molecule has 1 N–H and O–H groups in total. The molecule has 2 amide bonds. The molecule has 1 atom stereocenters. The van der Waals surface area contributed by atoms with Crippen LogP contribution in [0, 0.1) is 13.8 Å². The van der Waals surface area contributed by atoms with Crippen molar-refractivity contribution in [3.05, 3.63) is 71.3 Å².